The van der Waals surface area contributed by atoms with Crippen LogP contribution >= 0.6 is 0 Å². The van der Waals surface area contributed by atoms with Crippen LogP contribution in [0.4, 0.5) is 23.1 Å². The van der Waals surface area contributed by atoms with Gasteiger partial charge in [0.2, 0.25) is 11.9 Å². The third-order valence-electron chi connectivity index (χ3n) is 5.86. The Bertz CT molecular complexity index is 1250. The Morgan fingerprint density at radius 1 is 1.26 bits per heavy atom. The van der Waals surface area contributed by atoms with Crippen molar-refractivity contribution in [2.24, 2.45) is 5.73 Å². The van der Waals surface area contributed by atoms with Gasteiger partial charge in [-0.2, -0.15) is 10.1 Å². The van der Waals surface area contributed by atoms with Crippen molar-refractivity contribution in [3.05, 3.63) is 54.5 Å². The standard InChI is InChI=1S/C23H28N10O2/c1-4-18-20(14(3)26-13-27-18)30-22-17(21(24)35)10-25-23(31-22)29-15-9-28-33(11-15)16-7-6-8-32(12-16)19(34)5-2/h5,9-11,13,16H,2,4,6-8,12H2,1,3H3,(H2,24,35)(H2,25,29,30,31)/t16-/m0/s1. The lowest BCUT2D eigenvalue weighted by molar-refractivity contribution is -0.127. The van der Waals surface area contributed by atoms with Gasteiger partial charge < -0.3 is 21.3 Å². The van der Waals surface area contributed by atoms with Gasteiger partial charge in [-0.15, -0.1) is 0 Å². The number of nitrogens with zero attached hydrogens (tertiary/aromatic N) is 7. The van der Waals surface area contributed by atoms with Crippen LogP contribution in [0.3, 0.4) is 0 Å². The zero-order valence-corrected chi connectivity index (χ0v) is 19.7. The van der Waals surface area contributed by atoms with Crippen molar-refractivity contribution in [2.75, 3.05) is 23.7 Å². The smallest absolute Gasteiger partial charge is 0.254 e. The van der Waals surface area contributed by atoms with E-state index < -0.39 is 5.91 Å². The molecule has 3 aromatic heterocycles. The number of carbonyl (C=O) groups excluding carboxylic acids is 2. The Hall–Kier alpha value is -4.35. The molecule has 2 amide bonds. The fraction of sp³-hybridized carbons (Fsp3) is 0.348. The average Bonchev–Trinajstić information content (AvgIpc) is 3.33. The Kier molecular flexibility index (Phi) is 6.99. The molecule has 12 heteroatoms. The molecule has 12 nitrogen and oxygen atoms in total. The van der Waals surface area contributed by atoms with Crippen LogP contribution in [0.1, 0.15) is 47.6 Å². The van der Waals surface area contributed by atoms with E-state index in [2.05, 4.69) is 42.2 Å². The van der Waals surface area contributed by atoms with Crippen molar-refractivity contribution in [3.8, 4) is 0 Å². The number of primary amides is 1. The summed E-state index contributed by atoms with van der Waals surface area (Å²) in [5.74, 6) is -0.221. The van der Waals surface area contributed by atoms with E-state index in [1.54, 1.807) is 11.1 Å². The number of hydrogen-bond acceptors (Lipinski definition) is 9. The summed E-state index contributed by atoms with van der Waals surface area (Å²) in [6, 6.07) is 0.0621. The quantitative estimate of drug-likeness (QED) is 0.415. The molecule has 1 saturated heterocycles. The Morgan fingerprint density at radius 3 is 2.83 bits per heavy atom. The molecule has 3 aromatic rings. The molecule has 1 fully saturated rings. The molecule has 182 valence electrons. The van der Waals surface area contributed by atoms with E-state index in [9.17, 15) is 9.59 Å². The predicted molar refractivity (Wildman–Crippen MR) is 131 cm³/mol. The van der Waals surface area contributed by atoms with Crippen molar-refractivity contribution in [1.82, 2.24) is 34.6 Å². The normalized spacial score (nSPS) is 15.5. The second-order valence-corrected chi connectivity index (χ2v) is 8.20. The third kappa shape index (κ3) is 5.26. The molecule has 4 N–H and O–H groups in total. The number of nitrogens with one attached hydrogen (secondary N) is 2. The van der Waals surface area contributed by atoms with Crippen LogP contribution in [0.5, 0.6) is 0 Å². The molecule has 0 unspecified atom stereocenters. The summed E-state index contributed by atoms with van der Waals surface area (Å²) in [5, 5.41) is 10.7. The molecule has 0 saturated carbocycles. The van der Waals surface area contributed by atoms with Gasteiger partial charge in [-0.1, -0.05) is 13.5 Å². The molecule has 35 heavy (non-hydrogen) atoms. The first-order valence-corrected chi connectivity index (χ1v) is 11.4. The lowest BCUT2D eigenvalue weighted by Gasteiger charge is -2.32. The van der Waals surface area contributed by atoms with Gasteiger partial charge in [0.15, 0.2) is 0 Å². The SMILES string of the molecule is C=CC(=O)N1CCC[C@H](n2cc(Nc3ncc(C(N)=O)c(Nc4c(C)ncnc4CC)n3)cn2)C1. The number of hydrogen-bond donors (Lipinski definition) is 3. The second kappa shape index (κ2) is 10.3. The molecule has 4 rings (SSSR count). The summed E-state index contributed by atoms with van der Waals surface area (Å²) in [6.45, 7) is 8.68. The van der Waals surface area contributed by atoms with E-state index in [-0.39, 0.29) is 29.3 Å². The number of aromatic nitrogens is 6. The van der Waals surface area contributed by atoms with E-state index in [0.29, 0.717) is 24.3 Å². The van der Waals surface area contributed by atoms with Gasteiger partial charge in [-0.25, -0.2) is 15.0 Å². The monoisotopic (exact) mass is 476 g/mol. The van der Waals surface area contributed by atoms with Gasteiger partial charge in [-0.05, 0) is 32.3 Å². The van der Waals surface area contributed by atoms with Crippen molar-refractivity contribution in [1.29, 1.82) is 0 Å². The zero-order valence-electron chi connectivity index (χ0n) is 19.7. The van der Waals surface area contributed by atoms with Crippen LogP contribution in [-0.4, -0.2) is 59.5 Å². The Morgan fingerprint density at radius 2 is 2.09 bits per heavy atom. The van der Waals surface area contributed by atoms with Crippen LogP contribution in [-0.2, 0) is 11.2 Å². The number of amides is 2. The molecule has 0 aliphatic carbocycles. The molecule has 0 bridgehead atoms. The predicted octanol–water partition coefficient (Wildman–Crippen LogP) is 2.27. The number of nitrogens with two attached hydrogens (primary N) is 1. The number of anilines is 4. The molecular weight excluding hydrogens is 448 g/mol. The molecule has 0 radical (unpaired) electrons. The minimum absolute atomic E-state index is 0.0621. The first-order chi connectivity index (χ1) is 16.9. The highest BCUT2D eigenvalue weighted by Gasteiger charge is 2.24. The molecule has 4 heterocycles. The highest BCUT2D eigenvalue weighted by molar-refractivity contribution is 5.98. The van der Waals surface area contributed by atoms with Crippen molar-refractivity contribution in [2.45, 2.75) is 39.2 Å². The maximum Gasteiger partial charge on any atom is 0.254 e. The van der Waals surface area contributed by atoms with Crippen LogP contribution in [0.15, 0.2) is 37.6 Å². The summed E-state index contributed by atoms with van der Waals surface area (Å²) in [7, 11) is 0. The van der Waals surface area contributed by atoms with Gasteiger partial charge in [0, 0.05) is 25.5 Å². The number of likely N-dealkylation sites (tertiary alicyclic amines) is 1. The van der Waals surface area contributed by atoms with E-state index in [1.165, 1.54) is 18.6 Å². The summed E-state index contributed by atoms with van der Waals surface area (Å²) in [4.78, 5) is 43.0. The van der Waals surface area contributed by atoms with Gasteiger partial charge in [0.05, 0.1) is 35.0 Å². The number of carbonyl (C=O) groups is 2. The molecule has 0 spiro atoms. The largest absolute Gasteiger partial charge is 0.365 e. The fourth-order valence-electron chi connectivity index (χ4n) is 4.02. The lowest BCUT2D eigenvalue weighted by Crippen LogP contribution is -2.39. The number of aryl methyl sites for hydroxylation is 2. The first-order valence-electron chi connectivity index (χ1n) is 11.4. The fourth-order valence-corrected chi connectivity index (χ4v) is 4.02. The number of rotatable bonds is 8. The van der Waals surface area contributed by atoms with Gasteiger partial charge in [0.25, 0.3) is 5.91 Å². The molecule has 1 aliphatic rings. The topological polar surface area (TPSA) is 157 Å². The number of piperidine rings is 1. The minimum atomic E-state index is -0.657. The Labute approximate surface area is 202 Å². The first kappa shape index (κ1) is 23.8. The van der Waals surface area contributed by atoms with Crippen LogP contribution < -0.4 is 16.4 Å². The maximum atomic E-state index is 12.0. The van der Waals surface area contributed by atoms with Crippen LogP contribution in [0.2, 0.25) is 0 Å². The summed E-state index contributed by atoms with van der Waals surface area (Å²) in [5.41, 5.74) is 8.55. The zero-order chi connectivity index (χ0) is 24.9. The molecule has 1 aliphatic heterocycles. The van der Waals surface area contributed by atoms with Crippen LogP contribution in [0.25, 0.3) is 0 Å². The molecular formula is C23H28N10O2. The second-order valence-electron chi connectivity index (χ2n) is 8.20. The average molecular weight is 477 g/mol. The van der Waals surface area contributed by atoms with E-state index in [0.717, 1.165) is 30.8 Å². The lowest BCUT2D eigenvalue weighted by atomic mass is 10.1. The minimum Gasteiger partial charge on any atom is -0.365 e. The van der Waals surface area contributed by atoms with E-state index >= 15 is 0 Å². The summed E-state index contributed by atoms with van der Waals surface area (Å²) in [6.07, 6.45) is 10.2. The Balaban J connectivity index is 1.55. The van der Waals surface area contributed by atoms with Gasteiger partial charge >= 0.3 is 0 Å². The van der Waals surface area contributed by atoms with E-state index in [4.69, 9.17) is 5.73 Å². The summed E-state index contributed by atoms with van der Waals surface area (Å²) < 4.78 is 1.83. The highest BCUT2D eigenvalue weighted by atomic mass is 16.2. The van der Waals surface area contributed by atoms with Gasteiger partial charge in [0.1, 0.15) is 17.7 Å². The maximum absolute atomic E-state index is 12.0. The van der Waals surface area contributed by atoms with Crippen molar-refractivity contribution < 1.29 is 9.59 Å². The van der Waals surface area contributed by atoms with Gasteiger partial charge in [-0.3, -0.25) is 14.3 Å². The molecule has 0 aromatic carbocycles. The molecule has 1 atom stereocenters. The van der Waals surface area contributed by atoms with Crippen molar-refractivity contribution >= 4 is 35.0 Å². The third-order valence-corrected chi connectivity index (χ3v) is 5.86. The summed E-state index contributed by atoms with van der Waals surface area (Å²) >= 11 is 0. The van der Waals surface area contributed by atoms with E-state index in [1.807, 2.05) is 24.7 Å². The van der Waals surface area contributed by atoms with Crippen molar-refractivity contribution in [3.63, 3.8) is 0 Å². The van der Waals surface area contributed by atoms with Crippen LogP contribution in [0, 0.1) is 6.92 Å². The highest BCUT2D eigenvalue weighted by Crippen LogP contribution is 2.26.